The van der Waals surface area contributed by atoms with Crippen LogP contribution in [0.25, 0.3) is 11.1 Å². The first-order chi connectivity index (χ1) is 13.5. The zero-order chi connectivity index (χ0) is 20.4. The zero-order valence-corrected chi connectivity index (χ0v) is 17.5. The molecular weight excluding hydrogens is 403 g/mol. The van der Waals surface area contributed by atoms with E-state index in [-0.39, 0.29) is 13.5 Å². The Labute approximate surface area is 184 Å². The molecule has 3 aromatic carbocycles. The molecule has 0 bridgehead atoms. The summed E-state index contributed by atoms with van der Waals surface area (Å²) < 4.78 is 0. The van der Waals surface area contributed by atoms with Crippen LogP contribution in [0.2, 0.25) is 10.0 Å². The number of carbonyl (C=O) groups is 1. The minimum Gasteiger partial charge on any atom is -0.328 e. The SMILES string of the molecule is C.CCCN(C)C(=O)Nc1cc(Cl)cc(Cl)c1.c1ccc(-c2ccccc2)cc1. The summed E-state index contributed by atoms with van der Waals surface area (Å²) in [7, 11) is 1.74. The number of nitrogens with one attached hydrogen (secondary N) is 1. The van der Waals surface area contributed by atoms with Gasteiger partial charge in [0.25, 0.3) is 0 Å². The predicted molar refractivity (Wildman–Crippen MR) is 127 cm³/mol. The lowest BCUT2D eigenvalue weighted by molar-refractivity contribution is 0.222. The van der Waals surface area contributed by atoms with E-state index in [0.717, 1.165) is 6.42 Å². The highest BCUT2D eigenvalue weighted by Crippen LogP contribution is 2.22. The first-order valence-electron chi connectivity index (χ1n) is 9.08. The number of anilines is 1. The number of hydrogen-bond donors (Lipinski definition) is 1. The lowest BCUT2D eigenvalue weighted by Crippen LogP contribution is -2.31. The van der Waals surface area contributed by atoms with Gasteiger partial charge in [-0.3, -0.25) is 0 Å². The Morgan fingerprint density at radius 3 is 1.72 bits per heavy atom. The lowest BCUT2D eigenvalue weighted by atomic mass is 10.1. The molecule has 0 fully saturated rings. The molecule has 0 unspecified atom stereocenters. The van der Waals surface area contributed by atoms with Gasteiger partial charge in [-0.15, -0.1) is 0 Å². The van der Waals surface area contributed by atoms with Crippen molar-refractivity contribution in [3.05, 3.63) is 88.9 Å². The van der Waals surface area contributed by atoms with Crippen molar-refractivity contribution in [1.82, 2.24) is 4.90 Å². The van der Waals surface area contributed by atoms with E-state index in [1.807, 2.05) is 19.1 Å². The molecule has 0 atom stereocenters. The van der Waals surface area contributed by atoms with Crippen LogP contribution in [0.15, 0.2) is 78.9 Å². The Kier molecular flexibility index (Phi) is 10.9. The molecule has 3 nitrogen and oxygen atoms in total. The van der Waals surface area contributed by atoms with E-state index < -0.39 is 0 Å². The molecule has 154 valence electrons. The Balaban J connectivity index is 0.000000289. The fraction of sp³-hybridized carbons (Fsp3) is 0.208. The quantitative estimate of drug-likeness (QED) is 0.448. The molecule has 0 aliphatic rings. The van der Waals surface area contributed by atoms with Crippen LogP contribution in [-0.2, 0) is 0 Å². The first kappa shape index (κ1) is 24.5. The van der Waals surface area contributed by atoms with Crippen molar-refractivity contribution in [2.45, 2.75) is 20.8 Å². The minimum atomic E-state index is -0.166. The van der Waals surface area contributed by atoms with Gasteiger partial charge in [-0.05, 0) is 35.7 Å². The number of nitrogens with zero attached hydrogens (tertiary/aromatic N) is 1. The highest BCUT2D eigenvalue weighted by molar-refractivity contribution is 6.35. The van der Waals surface area contributed by atoms with Gasteiger partial charge in [0, 0.05) is 29.3 Å². The molecule has 0 aromatic heterocycles. The summed E-state index contributed by atoms with van der Waals surface area (Å²) in [5, 5.41) is 3.73. The second-order valence-corrected chi connectivity index (χ2v) is 7.11. The molecule has 0 spiro atoms. The van der Waals surface area contributed by atoms with Crippen LogP contribution in [0.5, 0.6) is 0 Å². The van der Waals surface area contributed by atoms with Gasteiger partial charge in [-0.1, -0.05) is 98.2 Å². The zero-order valence-electron chi connectivity index (χ0n) is 16.0. The Bertz CT molecular complexity index is 813. The van der Waals surface area contributed by atoms with E-state index >= 15 is 0 Å². The highest BCUT2D eigenvalue weighted by atomic mass is 35.5. The molecule has 0 radical (unpaired) electrons. The molecule has 0 saturated carbocycles. The van der Waals surface area contributed by atoms with Gasteiger partial charge in [-0.2, -0.15) is 0 Å². The fourth-order valence-corrected chi connectivity index (χ4v) is 3.07. The van der Waals surface area contributed by atoms with Gasteiger partial charge >= 0.3 is 6.03 Å². The van der Waals surface area contributed by atoms with Gasteiger partial charge in [0.15, 0.2) is 0 Å². The molecule has 1 N–H and O–H groups in total. The summed E-state index contributed by atoms with van der Waals surface area (Å²) in [6.07, 6.45) is 0.917. The fourth-order valence-electron chi connectivity index (χ4n) is 2.54. The van der Waals surface area contributed by atoms with E-state index in [1.54, 1.807) is 30.1 Å². The second-order valence-electron chi connectivity index (χ2n) is 6.24. The summed E-state index contributed by atoms with van der Waals surface area (Å²) in [6, 6.07) is 25.6. The summed E-state index contributed by atoms with van der Waals surface area (Å²) in [5.74, 6) is 0. The molecule has 0 saturated heterocycles. The van der Waals surface area contributed by atoms with Crippen molar-refractivity contribution in [2.75, 3.05) is 18.9 Å². The van der Waals surface area contributed by atoms with Crippen LogP contribution in [0.4, 0.5) is 10.5 Å². The summed E-state index contributed by atoms with van der Waals surface area (Å²) in [6.45, 7) is 2.72. The Morgan fingerprint density at radius 2 is 1.31 bits per heavy atom. The third kappa shape index (κ3) is 8.59. The predicted octanol–water partition coefficient (Wildman–Crippen LogP) is 7.86. The van der Waals surface area contributed by atoms with Crippen molar-refractivity contribution in [1.29, 1.82) is 0 Å². The largest absolute Gasteiger partial charge is 0.328 e. The maximum absolute atomic E-state index is 11.7. The number of rotatable bonds is 4. The molecule has 3 aromatic rings. The molecule has 2 amide bonds. The van der Waals surface area contributed by atoms with Crippen molar-refractivity contribution >= 4 is 34.9 Å². The van der Waals surface area contributed by atoms with Crippen LogP contribution in [-0.4, -0.2) is 24.5 Å². The van der Waals surface area contributed by atoms with Gasteiger partial charge in [0.05, 0.1) is 0 Å². The van der Waals surface area contributed by atoms with E-state index in [1.165, 1.54) is 11.1 Å². The Hall–Kier alpha value is -2.49. The van der Waals surface area contributed by atoms with E-state index in [0.29, 0.717) is 22.3 Å². The van der Waals surface area contributed by atoms with Crippen molar-refractivity contribution in [3.63, 3.8) is 0 Å². The molecule has 3 rings (SSSR count). The van der Waals surface area contributed by atoms with Crippen LogP contribution < -0.4 is 5.32 Å². The number of carbonyl (C=O) groups excluding carboxylic acids is 1. The normalized spacial score (nSPS) is 9.52. The maximum atomic E-state index is 11.7. The van der Waals surface area contributed by atoms with E-state index in [9.17, 15) is 4.79 Å². The van der Waals surface area contributed by atoms with Gasteiger partial charge in [-0.25, -0.2) is 4.79 Å². The molecule has 0 aliphatic carbocycles. The van der Waals surface area contributed by atoms with E-state index in [2.05, 4.69) is 53.8 Å². The van der Waals surface area contributed by atoms with Crippen molar-refractivity contribution in [2.24, 2.45) is 0 Å². The number of halogens is 2. The van der Waals surface area contributed by atoms with Gasteiger partial charge in [0.2, 0.25) is 0 Å². The van der Waals surface area contributed by atoms with Crippen LogP contribution in [0.3, 0.4) is 0 Å². The van der Waals surface area contributed by atoms with Gasteiger partial charge in [0.1, 0.15) is 0 Å². The standard InChI is InChI=1S/C12H10.C11H14Cl2N2O.CH4/c1-3-7-11(8-4-1)12-9-5-2-6-10-12;1-3-4-15(2)11(16)14-10-6-8(12)5-9(13)7-10;/h1-10H;5-7H,3-4H2,1-2H3,(H,14,16);1H4. The number of hydrogen-bond acceptors (Lipinski definition) is 1. The number of urea groups is 1. The number of amides is 2. The van der Waals surface area contributed by atoms with Gasteiger partial charge < -0.3 is 10.2 Å². The molecular formula is C24H28Cl2N2O. The molecule has 0 heterocycles. The second kappa shape index (κ2) is 12.9. The average molecular weight is 431 g/mol. The third-order valence-corrected chi connectivity index (χ3v) is 4.34. The lowest BCUT2D eigenvalue weighted by Gasteiger charge is -2.17. The average Bonchev–Trinajstić information content (AvgIpc) is 2.69. The van der Waals surface area contributed by atoms with Crippen LogP contribution in [0, 0.1) is 0 Å². The van der Waals surface area contributed by atoms with Crippen molar-refractivity contribution in [3.8, 4) is 11.1 Å². The summed E-state index contributed by atoms with van der Waals surface area (Å²) in [5.41, 5.74) is 3.15. The highest BCUT2D eigenvalue weighted by Gasteiger charge is 2.08. The topological polar surface area (TPSA) is 32.3 Å². The van der Waals surface area contributed by atoms with Crippen LogP contribution in [0.1, 0.15) is 20.8 Å². The summed E-state index contributed by atoms with van der Waals surface area (Å²) >= 11 is 11.6. The Morgan fingerprint density at radius 1 is 0.862 bits per heavy atom. The summed E-state index contributed by atoms with van der Waals surface area (Å²) in [4.78, 5) is 13.3. The van der Waals surface area contributed by atoms with Crippen molar-refractivity contribution < 1.29 is 4.79 Å². The molecule has 29 heavy (non-hydrogen) atoms. The molecule has 0 aliphatic heterocycles. The van der Waals surface area contributed by atoms with Crippen LogP contribution >= 0.6 is 23.2 Å². The third-order valence-electron chi connectivity index (χ3n) is 3.90. The maximum Gasteiger partial charge on any atom is 0.321 e. The molecule has 5 heteroatoms. The smallest absolute Gasteiger partial charge is 0.321 e. The monoisotopic (exact) mass is 430 g/mol. The number of benzene rings is 3. The first-order valence-corrected chi connectivity index (χ1v) is 9.84. The van der Waals surface area contributed by atoms with E-state index in [4.69, 9.17) is 23.2 Å². The minimum absolute atomic E-state index is 0.